The molecule has 0 aliphatic carbocycles. The van der Waals surface area contributed by atoms with Crippen LogP contribution >= 0.6 is 0 Å². The second-order valence-corrected chi connectivity index (χ2v) is 6.94. The zero-order chi connectivity index (χ0) is 17.4. The Kier molecular flexibility index (Phi) is 7.53. The van der Waals surface area contributed by atoms with E-state index in [1.165, 1.54) is 5.56 Å². The van der Waals surface area contributed by atoms with Gasteiger partial charge in [-0.2, -0.15) is 0 Å². The summed E-state index contributed by atoms with van der Waals surface area (Å²) in [7, 11) is 4.04. The number of nitrogens with one attached hydrogen (secondary N) is 2. The van der Waals surface area contributed by atoms with Crippen molar-refractivity contribution >= 4 is 5.96 Å². The molecule has 5 heteroatoms. The van der Waals surface area contributed by atoms with E-state index in [9.17, 15) is 0 Å². The summed E-state index contributed by atoms with van der Waals surface area (Å²) in [5, 5.41) is 6.92. The molecule has 2 N–H and O–H groups in total. The van der Waals surface area contributed by atoms with E-state index < -0.39 is 0 Å². The van der Waals surface area contributed by atoms with E-state index in [0.29, 0.717) is 12.0 Å². The lowest BCUT2D eigenvalue weighted by atomic mass is 10.0. The number of hydrogen-bond donors (Lipinski definition) is 2. The SMILES string of the molecule is CN=C(NCc1ccccc1)NCC(C(C)C)N1CCN(C)CC1. The number of guanidine groups is 1. The summed E-state index contributed by atoms with van der Waals surface area (Å²) in [4.78, 5) is 9.38. The number of hydrogen-bond acceptors (Lipinski definition) is 3. The molecule has 1 aromatic rings. The third-order valence-electron chi connectivity index (χ3n) is 4.78. The van der Waals surface area contributed by atoms with Crippen molar-refractivity contribution in [3.63, 3.8) is 0 Å². The predicted molar refractivity (Wildman–Crippen MR) is 102 cm³/mol. The van der Waals surface area contributed by atoms with E-state index in [1.54, 1.807) is 0 Å². The molecule has 0 saturated carbocycles. The summed E-state index contributed by atoms with van der Waals surface area (Å²) >= 11 is 0. The van der Waals surface area contributed by atoms with E-state index in [4.69, 9.17) is 0 Å². The minimum absolute atomic E-state index is 0.536. The maximum Gasteiger partial charge on any atom is 0.191 e. The number of aliphatic imine (C=N–C) groups is 1. The van der Waals surface area contributed by atoms with E-state index >= 15 is 0 Å². The van der Waals surface area contributed by atoms with Crippen LogP contribution in [0.1, 0.15) is 19.4 Å². The Balaban J connectivity index is 1.83. The molecule has 0 radical (unpaired) electrons. The standard InChI is InChI=1S/C19H33N5/c1-16(2)18(24-12-10-23(4)11-13-24)15-22-19(20-3)21-14-17-8-6-5-7-9-17/h5-9,16,18H,10-15H2,1-4H3,(H2,20,21,22). The second kappa shape index (κ2) is 9.64. The lowest BCUT2D eigenvalue weighted by Crippen LogP contribution is -2.55. The molecule has 0 aromatic heterocycles. The molecule has 1 aromatic carbocycles. The van der Waals surface area contributed by atoms with Crippen molar-refractivity contribution in [3.8, 4) is 0 Å². The van der Waals surface area contributed by atoms with Crippen LogP contribution in [-0.2, 0) is 6.54 Å². The normalized spacial score (nSPS) is 18.6. The monoisotopic (exact) mass is 331 g/mol. The van der Waals surface area contributed by atoms with E-state index in [-0.39, 0.29) is 0 Å². The zero-order valence-electron chi connectivity index (χ0n) is 15.6. The van der Waals surface area contributed by atoms with E-state index in [0.717, 1.165) is 45.2 Å². The molecular formula is C19H33N5. The highest BCUT2D eigenvalue weighted by molar-refractivity contribution is 5.79. The Labute approximate surface area is 147 Å². The van der Waals surface area contributed by atoms with Crippen molar-refractivity contribution in [1.82, 2.24) is 20.4 Å². The van der Waals surface area contributed by atoms with Gasteiger partial charge in [0.15, 0.2) is 5.96 Å². The lowest BCUT2D eigenvalue weighted by Gasteiger charge is -2.40. The first-order chi connectivity index (χ1) is 11.6. The van der Waals surface area contributed by atoms with Crippen LogP contribution in [0.25, 0.3) is 0 Å². The van der Waals surface area contributed by atoms with Crippen molar-refractivity contribution in [2.45, 2.75) is 26.4 Å². The van der Waals surface area contributed by atoms with Gasteiger partial charge in [0.1, 0.15) is 0 Å². The molecule has 1 aliphatic heterocycles. The van der Waals surface area contributed by atoms with Gasteiger partial charge in [0.2, 0.25) is 0 Å². The summed E-state index contributed by atoms with van der Waals surface area (Å²) in [6.07, 6.45) is 0. The molecule has 0 spiro atoms. The molecule has 1 unspecified atom stereocenters. The average molecular weight is 332 g/mol. The van der Waals surface area contributed by atoms with Crippen LogP contribution in [0.5, 0.6) is 0 Å². The molecule has 24 heavy (non-hydrogen) atoms. The number of rotatable bonds is 6. The summed E-state index contributed by atoms with van der Waals surface area (Å²) in [6, 6.07) is 11.0. The van der Waals surface area contributed by atoms with Gasteiger partial charge in [-0.1, -0.05) is 44.2 Å². The fraction of sp³-hybridized carbons (Fsp3) is 0.632. The lowest BCUT2D eigenvalue weighted by molar-refractivity contribution is 0.0900. The van der Waals surface area contributed by atoms with E-state index in [1.807, 2.05) is 13.1 Å². The molecular weight excluding hydrogens is 298 g/mol. The van der Waals surface area contributed by atoms with Crippen LogP contribution < -0.4 is 10.6 Å². The molecule has 134 valence electrons. The van der Waals surface area contributed by atoms with Crippen molar-refractivity contribution in [2.24, 2.45) is 10.9 Å². The maximum absolute atomic E-state index is 4.36. The quantitative estimate of drug-likeness (QED) is 0.614. The topological polar surface area (TPSA) is 42.9 Å². The number of nitrogens with zero attached hydrogens (tertiary/aromatic N) is 3. The van der Waals surface area contributed by atoms with Crippen LogP contribution in [0.3, 0.4) is 0 Å². The third-order valence-corrected chi connectivity index (χ3v) is 4.78. The van der Waals surface area contributed by atoms with Crippen molar-refractivity contribution < 1.29 is 0 Å². The van der Waals surface area contributed by atoms with Gasteiger partial charge in [-0.05, 0) is 18.5 Å². The Morgan fingerprint density at radius 2 is 1.75 bits per heavy atom. The molecule has 0 amide bonds. The average Bonchev–Trinajstić information content (AvgIpc) is 2.60. The summed E-state index contributed by atoms with van der Waals surface area (Å²) in [5.41, 5.74) is 1.26. The minimum Gasteiger partial charge on any atom is -0.355 e. The smallest absolute Gasteiger partial charge is 0.191 e. The van der Waals surface area contributed by atoms with Gasteiger partial charge < -0.3 is 15.5 Å². The molecule has 1 aliphatic rings. The Morgan fingerprint density at radius 1 is 1.08 bits per heavy atom. The van der Waals surface area contributed by atoms with Crippen LogP contribution in [0, 0.1) is 5.92 Å². The Hall–Kier alpha value is -1.59. The highest BCUT2D eigenvalue weighted by Gasteiger charge is 2.24. The van der Waals surface area contributed by atoms with Crippen LogP contribution in [0.15, 0.2) is 35.3 Å². The Bertz CT molecular complexity index is 492. The molecule has 1 heterocycles. The minimum atomic E-state index is 0.536. The summed E-state index contributed by atoms with van der Waals surface area (Å²) < 4.78 is 0. The van der Waals surface area contributed by atoms with Gasteiger partial charge in [0, 0.05) is 52.4 Å². The molecule has 1 fully saturated rings. The first kappa shape index (κ1) is 18.7. The second-order valence-electron chi connectivity index (χ2n) is 6.94. The van der Waals surface area contributed by atoms with Gasteiger partial charge in [0.25, 0.3) is 0 Å². The molecule has 2 rings (SSSR count). The van der Waals surface area contributed by atoms with Gasteiger partial charge >= 0.3 is 0 Å². The molecule has 1 saturated heterocycles. The molecule has 1 atom stereocenters. The highest BCUT2D eigenvalue weighted by atomic mass is 15.3. The van der Waals surface area contributed by atoms with Crippen molar-refractivity contribution in [1.29, 1.82) is 0 Å². The van der Waals surface area contributed by atoms with Gasteiger partial charge in [-0.3, -0.25) is 9.89 Å². The largest absolute Gasteiger partial charge is 0.355 e. The van der Waals surface area contributed by atoms with Crippen LogP contribution in [0.4, 0.5) is 0 Å². The van der Waals surface area contributed by atoms with Crippen molar-refractivity contribution in [3.05, 3.63) is 35.9 Å². The predicted octanol–water partition coefficient (Wildman–Crippen LogP) is 1.62. The highest BCUT2D eigenvalue weighted by Crippen LogP contribution is 2.12. The van der Waals surface area contributed by atoms with Gasteiger partial charge in [-0.15, -0.1) is 0 Å². The third kappa shape index (κ3) is 5.80. The first-order valence-corrected chi connectivity index (χ1v) is 9.01. The molecule has 5 nitrogen and oxygen atoms in total. The van der Waals surface area contributed by atoms with Gasteiger partial charge in [-0.25, -0.2) is 0 Å². The fourth-order valence-corrected chi connectivity index (χ4v) is 3.14. The van der Waals surface area contributed by atoms with Crippen LogP contribution in [0.2, 0.25) is 0 Å². The van der Waals surface area contributed by atoms with Gasteiger partial charge in [0.05, 0.1) is 0 Å². The fourth-order valence-electron chi connectivity index (χ4n) is 3.14. The van der Waals surface area contributed by atoms with Crippen molar-refractivity contribution in [2.75, 3.05) is 46.8 Å². The summed E-state index contributed by atoms with van der Waals surface area (Å²) in [6.45, 7) is 11.0. The number of benzene rings is 1. The Morgan fingerprint density at radius 3 is 2.33 bits per heavy atom. The van der Waals surface area contributed by atoms with Crippen LogP contribution in [-0.4, -0.2) is 68.6 Å². The number of piperazine rings is 1. The number of likely N-dealkylation sites (N-methyl/N-ethyl adjacent to an activating group) is 1. The first-order valence-electron chi connectivity index (χ1n) is 9.01. The maximum atomic E-state index is 4.36. The molecule has 0 bridgehead atoms. The zero-order valence-corrected chi connectivity index (χ0v) is 15.6. The summed E-state index contributed by atoms with van der Waals surface area (Å²) in [5.74, 6) is 1.49. The van der Waals surface area contributed by atoms with E-state index in [2.05, 4.69) is 70.6 Å².